The van der Waals surface area contributed by atoms with Crippen LogP contribution in [0.4, 0.5) is 0 Å². The van der Waals surface area contributed by atoms with Crippen molar-refractivity contribution in [1.29, 1.82) is 0 Å². The van der Waals surface area contributed by atoms with E-state index in [1.807, 2.05) is 18.2 Å². The van der Waals surface area contributed by atoms with E-state index >= 15 is 0 Å². The molecule has 0 spiro atoms. The van der Waals surface area contributed by atoms with Gasteiger partial charge in [0.25, 0.3) is 0 Å². The first kappa shape index (κ1) is 13.8. The van der Waals surface area contributed by atoms with E-state index in [0.29, 0.717) is 0 Å². The predicted octanol–water partition coefficient (Wildman–Crippen LogP) is 6.72. The summed E-state index contributed by atoms with van der Waals surface area (Å²) in [7, 11) is 0. The standard InChI is InChI=1S/C20H13NOS2/c1-5-15-8-12-20(24-15)18-10-4-14(22-18)3-6-16-7-11-19(23-16)17-9-2-13(1)21-17/h1-12,21H/b5-1-,6-3-,13-1?,14-3?,15-5?,16-6?,19-17?,20-18?. The zero-order valence-electron chi connectivity index (χ0n) is 12.7. The molecule has 2 nitrogen and oxygen atoms in total. The van der Waals surface area contributed by atoms with Gasteiger partial charge in [-0.3, -0.25) is 0 Å². The number of nitrogens with one attached hydrogen (secondary N) is 1. The monoisotopic (exact) mass is 347 g/mol. The van der Waals surface area contributed by atoms with Gasteiger partial charge in [0.1, 0.15) is 11.5 Å². The minimum Gasteiger partial charge on any atom is -0.456 e. The summed E-state index contributed by atoms with van der Waals surface area (Å²) in [5.74, 6) is 1.79. The van der Waals surface area contributed by atoms with Crippen LogP contribution in [-0.4, -0.2) is 4.98 Å². The number of H-pyrrole nitrogens is 1. The van der Waals surface area contributed by atoms with Crippen LogP contribution in [-0.2, 0) is 0 Å². The highest BCUT2D eigenvalue weighted by molar-refractivity contribution is 7.16. The van der Waals surface area contributed by atoms with Crippen molar-refractivity contribution in [2.75, 3.05) is 0 Å². The molecule has 0 unspecified atom stereocenters. The van der Waals surface area contributed by atoms with Crippen LogP contribution in [0.25, 0.3) is 45.5 Å². The summed E-state index contributed by atoms with van der Waals surface area (Å²) in [6.45, 7) is 0. The fourth-order valence-corrected chi connectivity index (χ4v) is 4.49. The first-order chi connectivity index (χ1) is 11.8. The molecule has 5 rings (SSSR count). The molecule has 1 aliphatic rings. The lowest BCUT2D eigenvalue weighted by Crippen LogP contribution is -1.72. The molecule has 0 radical (unpaired) electrons. The largest absolute Gasteiger partial charge is 0.456 e. The number of fused-ring (bicyclic) bond motifs is 10. The summed E-state index contributed by atoms with van der Waals surface area (Å²) in [5.41, 5.74) is 2.26. The van der Waals surface area contributed by atoms with Gasteiger partial charge in [0.2, 0.25) is 0 Å². The lowest BCUT2D eigenvalue weighted by molar-refractivity contribution is 0.573. The van der Waals surface area contributed by atoms with Gasteiger partial charge in [-0.15, -0.1) is 22.7 Å². The number of hydrogen-bond donors (Lipinski definition) is 1. The topological polar surface area (TPSA) is 28.9 Å². The van der Waals surface area contributed by atoms with Crippen LogP contribution < -0.4 is 0 Å². The van der Waals surface area contributed by atoms with Crippen LogP contribution in [0, 0.1) is 0 Å². The number of thiophene rings is 2. The Morgan fingerprint density at radius 3 is 2.38 bits per heavy atom. The van der Waals surface area contributed by atoms with Crippen molar-refractivity contribution in [3.05, 3.63) is 69.7 Å². The van der Waals surface area contributed by atoms with Crippen LogP contribution in [0.5, 0.6) is 0 Å². The van der Waals surface area contributed by atoms with E-state index in [2.05, 4.69) is 59.6 Å². The van der Waals surface area contributed by atoms with Crippen molar-refractivity contribution in [3.63, 3.8) is 0 Å². The Bertz CT molecular complexity index is 900. The molecule has 8 bridgehead atoms. The van der Waals surface area contributed by atoms with Crippen LogP contribution in [0.1, 0.15) is 21.2 Å². The Balaban J connectivity index is 1.66. The molecular formula is C20H13NOS2. The number of rotatable bonds is 0. The van der Waals surface area contributed by atoms with Gasteiger partial charge in [-0.05, 0) is 72.8 Å². The third-order valence-corrected chi connectivity index (χ3v) is 6.09. The summed E-state index contributed by atoms with van der Waals surface area (Å²) in [4.78, 5) is 8.27. The second-order valence-corrected chi connectivity index (χ2v) is 7.83. The lowest BCUT2D eigenvalue weighted by Gasteiger charge is -1.92. The molecule has 116 valence electrons. The number of furan rings is 1. The molecule has 0 amide bonds. The van der Waals surface area contributed by atoms with Crippen molar-refractivity contribution in [2.24, 2.45) is 0 Å². The van der Waals surface area contributed by atoms with Gasteiger partial charge in [-0.1, -0.05) is 0 Å². The summed E-state index contributed by atoms with van der Waals surface area (Å²) >= 11 is 3.50. The maximum atomic E-state index is 5.95. The van der Waals surface area contributed by atoms with Crippen molar-refractivity contribution in [2.45, 2.75) is 0 Å². The normalized spacial score (nSPS) is 15.3. The Morgan fingerprint density at radius 1 is 0.667 bits per heavy atom. The van der Waals surface area contributed by atoms with Crippen molar-refractivity contribution in [1.82, 2.24) is 4.98 Å². The summed E-state index contributed by atoms with van der Waals surface area (Å²) in [5, 5.41) is 0. The second kappa shape index (κ2) is 5.51. The molecule has 5 heterocycles. The molecule has 4 aromatic rings. The van der Waals surface area contributed by atoms with Gasteiger partial charge in [0, 0.05) is 15.4 Å². The first-order valence-electron chi connectivity index (χ1n) is 7.69. The van der Waals surface area contributed by atoms with E-state index in [1.165, 1.54) is 14.6 Å². The molecule has 4 aromatic heterocycles. The van der Waals surface area contributed by atoms with Gasteiger partial charge in [0.15, 0.2) is 0 Å². The van der Waals surface area contributed by atoms with E-state index in [9.17, 15) is 0 Å². The molecule has 0 saturated carbocycles. The van der Waals surface area contributed by atoms with E-state index in [4.69, 9.17) is 4.42 Å². The highest BCUT2D eigenvalue weighted by Crippen LogP contribution is 2.33. The fourth-order valence-electron chi connectivity index (χ4n) is 2.73. The van der Waals surface area contributed by atoms with E-state index in [0.717, 1.165) is 27.8 Å². The first-order valence-corrected chi connectivity index (χ1v) is 9.32. The average Bonchev–Trinajstić information content (AvgIpc) is 3.37. The quantitative estimate of drug-likeness (QED) is 0.331. The van der Waals surface area contributed by atoms with E-state index in [1.54, 1.807) is 22.7 Å². The van der Waals surface area contributed by atoms with Gasteiger partial charge in [-0.2, -0.15) is 0 Å². The van der Waals surface area contributed by atoms with Crippen molar-refractivity contribution < 1.29 is 4.42 Å². The molecule has 0 fully saturated rings. The number of hydrogen-bond acceptors (Lipinski definition) is 3. The van der Waals surface area contributed by atoms with Gasteiger partial charge < -0.3 is 9.40 Å². The predicted molar refractivity (Wildman–Crippen MR) is 104 cm³/mol. The fraction of sp³-hybridized carbons (Fsp3) is 0. The molecule has 4 heteroatoms. The Labute approximate surface area is 147 Å². The molecule has 0 aliphatic carbocycles. The summed E-state index contributed by atoms with van der Waals surface area (Å²) < 4.78 is 5.95. The Hall–Kier alpha value is -2.56. The Kier molecular flexibility index (Phi) is 3.18. The van der Waals surface area contributed by atoms with Crippen LogP contribution >= 0.6 is 22.7 Å². The molecule has 1 aliphatic heterocycles. The highest BCUT2D eigenvalue weighted by Gasteiger charge is 2.08. The number of aromatic amines is 1. The van der Waals surface area contributed by atoms with Crippen LogP contribution in [0.2, 0.25) is 0 Å². The average molecular weight is 347 g/mol. The molecule has 0 aromatic carbocycles. The molecule has 24 heavy (non-hydrogen) atoms. The minimum absolute atomic E-state index is 0.875. The minimum atomic E-state index is 0.875. The van der Waals surface area contributed by atoms with E-state index < -0.39 is 0 Å². The third kappa shape index (κ3) is 2.50. The zero-order chi connectivity index (χ0) is 15.9. The molecular weight excluding hydrogens is 334 g/mol. The van der Waals surface area contributed by atoms with Crippen molar-refractivity contribution >= 4 is 47.0 Å². The Morgan fingerprint density at radius 2 is 1.46 bits per heavy atom. The second-order valence-electron chi connectivity index (χ2n) is 5.60. The maximum Gasteiger partial charge on any atom is 0.144 e. The van der Waals surface area contributed by atoms with Gasteiger partial charge in [-0.25, -0.2) is 0 Å². The lowest BCUT2D eigenvalue weighted by atomic mass is 10.3. The third-order valence-electron chi connectivity index (χ3n) is 3.94. The SMILES string of the molecule is C1=C\c2ccc(s2)-c2ccc(o2)/C=C\c2ccc(s2)-c2ccc/1[nH]2. The smallest absolute Gasteiger partial charge is 0.144 e. The zero-order valence-corrected chi connectivity index (χ0v) is 14.3. The van der Waals surface area contributed by atoms with Crippen molar-refractivity contribution in [3.8, 4) is 21.2 Å². The molecule has 0 atom stereocenters. The van der Waals surface area contributed by atoms with E-state index in [-0.39, 0.29) is 0 Å². The van der Waals surface area contributed by atoms with Crippen LogP contribution in [0.3, 0.4) is 0 Å². The highest BCUT2D eigenvalue weighted by atomic mass is 32.1. The number of aromatic nitrogens is 1. The molecule has 1 N–H and O–H groups in total. The maximum absolute atomic E-state index is 5.95. The van der Waals surface area contributed by atoms with Crippen LogP contribution in [0.15, 0.2) is 52.9 Å². The van der Waals surface area contributed by atoms with Gasteiger partial charge in [0.05, 0.1) is 15.4 Å². The summed E-state index contributed by atoms with van der Waals surface area (Å²) in [6.07, 6.45) is 8.39. The van der Waals surface area contributed by atoms with Gasteiger partial charge >= 0.3 is 0 Å². The molecule has 0 saturated heterocycles. The summed E-state index contributed by atoms with van der Waals surface area (Å²) in [6, 6.07) is 16.8.